The van der Waals surface area contributed by atoms with Gasteiger partial charge in [-0.3, -0.25) is 0 Å². The highest BCUT2D eigenvalue weighted by Gasteiger charge is 2.19. The number of furan rings is 1. The fourth-order valence-electron chi connectivity index (χ4n) is 2.58. The van der Waals surface area contributed by atoms with E-state index in [-0.39, 0.29) is 6.04 Å². The van der Waals surface area contributed by atoms with E-state index in [1.807, 2.05) is 7.05 Å². The highest BCUT2D eigenvalue weighted by Crippen LogP contribution is 2.36. The number of aryl methyl sites for hydroxylation is 2. The average Bonchev–Trinajstić information content (AvgIpc) is 2.67. The Balaban J connectivity index is 2.77. The molecule has 1 unspecified atom stereocenters. The van der Waals surface area contributed by atoms with Crippen LogP contribution in [0.3, 0.4) is 0 Å². The Morgan fingerprint density at radius 2 is 1.78 bits per heavy atom. The minimum Gasteiger partial charge on any atom is -0.459 e. The molecule has 2 aromatic rings. The number of hydrogen-bond acceptors (Lipinski definition) is 2. The zero-order chi connectivity index (χ0) is 13.4. The first-order chi connectivity index (χ1) is 8.47. The predicted octanol–water partition coefficient (Wildman–Crippen LogP) is 4.45. The smallest absolute Gasteiger partial charge is 0.138 e. The summed E-state index contributed by atoms with van der Waals surface area (Å²) < 4.78 is 6.16. The molecule has 1 heterocycles. The molecule has 0 fully saturated rings. The van der Waals surface area contributed by atoms with Gasteiger partial charge in [-0.05, 0) is 44.9 Å². The van der Waals surface area contributed by atoms with E-state index in [1.165, 1.54) is 22.1 Å². The highest BCUT2D eigenvalue weighted by atomic mass is 16.3. The van der Waals surface area contributed by atoms with Gasteiger partial charge in [-0.2, -0.15) is 0 Å². The molecule has 0 amide bonds. The molecule has 0 spiro atoms. The lowest BCUT2D eigenvalue weighted by molar-refractivity contribution is 0.469. The van der Waals surface area contributed by atoms with Gasteiger partial charge in [0, 0.05) is 10.9 Å². The zero-order valence-corrected chi connectivity index (χ0v) is 12.2. The quantitative estimate of drug-likeness (QED) is 0.864. The van der Waals surface area contributed by atoms with Crippen molar-refractivity contribution in [2.24, 2.45) is 0 Å². The lowest BCUT2D eigenvalue weighted by atomic mass is 9.96. The fraction of sp³-hybridized carbons (Fsp3) is 0.500. The van der Waals surface area contributed by atoms with E-state index < -0.39 is 0 Å². The molecule has 1 aromatic heterocycles. The molecule has 1 atom stereocenters. The average molecular weight is 245 g/mol. The van der Waals surface area contributed by atoms with Crippen molar-refractivity contribution in [1.82, 2.24) is 5.32 Å². The standard InChI is InChI=1S/C16H23NO/c1-9(2)13-8-7-10(3)14-11(4)15(12(5)17-6)18-16(13)14/h7-9,12,17H,1-6H3. The number of nitrogens with one attached hydrogen (secondary N) is 1. The molecular weight excluding hydrogens is 222 g/mol. The summed E-state index contributed by atoms with van der Waals surface area (Å²) in [5.41, 5.74) is 4.94. The molecule has 1 N–H and O–H groups in total. The minimum absolute atomic E-state index is 0.247. The first kappa shape index (κ1) is 13.2. The van der Waals surface area contributed by atoms with Crippen LogP contribution in [0.15, 0.2) is 16.5 Å². The third kappa shape index (κ3) is 1.95. The van der Waals surface area contributed by atoms with Gasteiger partial charge >= 0.3 is 0 Å². The lowest BCUT2D eigenvalue weighted by Crippen LogP contribution is -2.12. The maximum Gasteiger partial charge on any atom is 0.138 e. The molecule has 98 valence electrons. The van der Waals surface area contributed by atoms with Crippen molar-refractivity contribution in [1.29, 1.82) is 0 Å². The molecule has 0 saturated carbocycles. The first-order valence-electron chi connectivity index (χ1n) is 6.67. The molecule has 0 radical (unpaired) electrons. The van der Waals surface area contributed by atoms with Gasteiger partial charge < -0.3 is 9.73 Å². The van der Waals surface area contributed by atoms with Crippen LogP contribution in [0.25, 0.3) is 11.0 Å². The zero-order valence-electron chi connectivity index (χ0n) is 12.2. The predicted molar refractivity (Wildman–Crippen MR) is 77.3 cm³/mol. The molecule has 0 bridgehead atoms. The molecular formula is C16H23NO. The highest BCUT2D eigenvalue weighted by molar-refractivity contribution is 5.88. The third-order valence-corrected chi connectivity index (χ3v) is 3.80. The normalized spacial score (nSPS) is 13.5. The number of benzene rings is 1. The third-order valence-electron chi connectivity index (χ3n) is 3.80. The van der Waals surface area contributed by atoms with E-state index in [2.05, 4.69) is 52.1 Å². The second kappa shape index (κ2) is 4.77. The molecule has 0 aliphatic rings. The van der Waals surface area contributed by atoms with Crippen LogP contribution in [0.4, 0.5) is 0 Å². The summed E-state index contributed by atoms with van der Waals surface area (Å²) in [7, 11) is 1.97. The first-order valence-corrected chi connectivity index (χ1v) is 6.67. The van der Waals surface area contributed by atoms with Crippen molar-refractivity contribution in [2.75, 3.05) is 7.05 Å². The summed E-state index contributed by atoms with van der Waals surface area (Å²) in [5.74, 6) is 1.54. The fourth-order valence-corrected chi connectivity index (χ4v) is 2.58. The topological polar surface area (TPSA) is 25.2 Å². The Hall–Kier alpha value is -1.28. The van der Waals surface area contributed by atoms with Gasteiger partial charge in [-0.1, -0.05) is 26.0 Å². The number of rotatable bonds is 3. The summed E-state index contributed by atoms with van der Waals surface area (Å²) in [6, 6.07) is 4.64. The number of hydrogen-bond donors (Lipinski definition) is 1. The van der Waals surface area contributed by atoms with Crippen LogP contribution < -0.4 is 5.32 Å². The van der Waals surface area contributed by atoms with Crippen molar-refractivity contribution in [3.8, 4) is 0 Å². The monoisotopic (exact) mass is 245 g/mol. The van der Waals surface area contributed by atoms with Gasteiger partial charge in [0.2, 0.25) is 0 Å². The molecule has 2 rings (SSSR count). The Morgan fingerprint density at radius 3 is 2.33 bits per heavy atom. The van der Waals surface area contributed by atoms with Gasteiger partial charge in [0.15, 0.2) is 0 Å². The van der Waals surface area contributed by atoms with Crippen LogP contribution in [0.5, 0.6) is 0 Å². The van der Waals surface area contributed by atoms with Gasteiger partial charge in [-0.25, -0.2) is 0 Å². The van der Waals surface area contributed by atoms with Crippen molar-refractivity contribution < 1.29 is 4.42 Å². The van der Waals surface area contributed by atoms with Crippen molar-refractivity contribution in [3.63, 3.8) is 0 Å². The largest absolute Gasteiger partial charge is 0.459 e. The molecule has 0 aliphatic carbocycles. The maximum absolute atomic E-state index is 6.16. The lowest BCUT2D eigenvalue weighted by Gasteiger charge is -2.07. The Bertz CT molecular complexity index is 566. The van der Waals surface area contributed by atoms with Crippen LogP contribution in [0, 0.1) is 13.8 Å². The van der Waals surface area contributed by atoms with Crippen molar-refractivity contribution >= 4 is 11.0 Å². The summed E-state index contributed by atoms with van der Waals surface area (Å²) in [6.07, 6.45) is 0. The summed E-state index contributed by atoms with van der Waals surface area (Å²) in [5, 5.41) is 4.55. The van der Waals surface area contributed by atoms with E-state index >= 15 is 0 Å². The van der Waals surface area contributed by atoms with Crippen LogP contribution >= 0.6 is 0 Å². The number of fused-ring (bicyclic) bond motifs is 1. The van der Waals surface area contributed by atoms with Crippen LogP contribution in [-0.2, 0) is 0 Å². The SMILES string of the molecule is CNC(C)c1oc2c(C(C)C)ccc(C)c2c1C. The summed E-state index contributed by atoms with van der Waals surface area (Å²) >= 11 is 0. The van der Waals surface area contributed by atoms with E-state index in [9.17, 15) is 0 Å². The van der Waals surface area contributed by atoms with Crippen LogP contribution in [0.2, 0.25) is 0 Å². The van der Waals surface area contributed by atoms with E-state index in [1.54, 1.807) is 0 Å². The van der Waals surface area contributed by atoms with Crippen LogP contribution in [0.1, 0.15) is 55.2 Å². The Kier molecular flexibility index (Phi) is 3.49. The van der Waals surface area contributed by atoms with E-state index in [4.69, 9.17) is 4.42 Å². The second-order valence-corrected chi connectivity index (χ2v) is 5.43. The van der Waals surface area contributed by atoms with Crippen molar-refractivity contribution in [2.45, 2.75) is 46.6 Å². The van der Waals surface area contributed by atoms with Gasteiger partial charge in [-0.15, -0.1) is 0 Å². The minimum atomic E-state index is 0.247. The maximum atomic E-state index is 6.16. The second-order valence-electron chi connectivity index (χ2n) is 5.43. The van der Waals surface area contributed by atoms with E-state index in [0.717, 1.165) is 11.3 Å². The van der Waals surface area contributed by atoms with Gasteiger partial charge in [0.25, 0.3) is 0 Å². The van der Waals surface area contributed by atoms with Crippen LogP contribution in [-0.4, -0.2) is 7.05 Å². The molecule has 18 heavy (non-hydrogen) atoms. The van der Waals surface area contributed by atoms with Gasteiger partial charge in [0.05, 0.1) is 6.04 Å². The molecule has 2 nitrogen and oxygen atoms in total. The Morgan fingerprint density at radius 1 is 1.11 bits per heavy atom. The molecule has 0 aliphatic heterocycles. The molecule has 2 heteroatoms. The van der Waals surface area contributed by atoms with E-state index in [0.29, 0.717) is 5.92 Å². The molecule has 1 aromatic carbocycles. The molecule has 0 saturated heterocycles. The summed E-state index contributed by atoms with van der Waals surface area (Å²) in [4.78, 5) is 0. The van der Waals surface area contributed by atoms with Crippen molar-refractivity contribution in [3.05, 3.63) is 34.6 Å². The summed E-state index contributed by atoms with van der Waals surface area (Å²) in [6.45, 7) is 10.9. The Labute approximate surface area is 109 Å². The van der Waals surface area contributed by atoms with Gasteiger partial charge in [0.1, 0.15) is 11.3 Å².